The molecule has 86 valence electrons. The summed E-state index contributed by atoms with van der Waals surface area (Å²) < 4.78 is 1.09. The van der Waals surface area contributed by atoms with Crippen LogP contribution in [0.2, 0.25) is 0 Å². The third-order valence-electron chi connectivity index (χ3n) is 2.13. The van der Waals surface area contributed by atoms with Crippen molar-refractivity contribution in [3.8, 4) is 6.07 Å². The third-order valence-corrected chi connectivity index (χ3v) is 4.26. The number of hydrogen-bond acceptors (Lipinski definition) is 3. The van der Waals surface area contributed by atoms with Crippen molar-refractivity contribution in [2.24, 2.45) is 5.73 Å². The Labute approximate surface area is 109 Å². The van der Waals surface area contributed by atoms with Gasteiger partial charge in [-0.15, -0.1) is 11.8 Å². The van der Waals surface area contributed by atoms with Crippen LogP contribution in [0.1, 0.15) is 20.3 Å². The molecule has 0 aromatic heterocycles. The summed E-state index contributed by atoms with van der Waals surface area (Å²) in [7, 11) is 0. The maximum atomic E-state index is 8.87. The lowest BCUT2D eigenvalue weighted by molar-refractivity contribution is 0.545. The summed E-state index contributed by atoms with van der Waals surface area (Å²) in [5.41, 5.74) is 5.08. The summed E-state index contributed by atoms with van der Waals surface area (Å²) in [5, 5.41) is 9.18. The Morgan fingerprint density at radius 1 is 1.56 bits per heavy atom. The largest absolute Gasteiger partial charge is 0.314 e. The molecule has 0 saturated heterocycles. The summed E-state index contributed by atoms with van der Waals surface area (Å²) >= 11 is 5.24. The van der Waals surface area contributed by atoms with Gasteiger partial charge in [0.1, 0.15) is 5.54 Å². The first-order valence-corrected chi connectivity index (χ1v) is 6.73. The van der Waals surface area contributed by atoms with Gasteiger partial charge in [-0.2, -0.15) is 5.26 Å². The molecule has 0 fully saturated rings. The van der Waals surface area contributed by atoms with Gasteiger partial charge in [0.25, 0.3) is 0 Å². The number of halogens is 1. The van der Waals surface area contributed by atoms with Crippen molar-refractivity contribution in [2.75, 3.05) is 0 Å². The van der Waals surface area contributed by atoms with Crippen LogP contribution in [0.25, 0.3) is 0 Å². The van der Waals surface area contributed by atoms with E-state index < -0.39 is 5.54 Å². The monoisotopic (exact) mass is 298 g/mol. The highest BCUT2D eigenvalue weighted by Crippen LogP contribution is 2.32. The molecule has 0 heterocycles. The SMILES string of the molecule is CC(CC(C)(N)C#N)Sc1ccccc1Br. The first-order valence-electron chi connectivity index (χ1n) is 5.06. The predicted octanol–water partition coefficient (Wildman–Crippen LogP) is 3.56. The maximum absolute atomic E-state index is 8.87. The number of nitrogens with two attached hydrogens (primary N) is 1. The van der Waals surface area contributed by atoms with Crippen LogP contribution >= 0.6 is 27.7 Å². The fourth-order valence-electron chi connectivity index (χ4n) is 1.44. The lowest BCUT2D eigenvalue weighted by Gasteiger charge is -2.20. The molecule has 2 nitrogen and oxygen atoms in total. The number of nitriles is 1. The summed E-state index contributed by atoms with van der Waals surface area (Å²) in [6.45, 7) is 3.86. The van der Waals surface area contributed by atoms with Crippen LogP contribution in [0.4, 0.5) is 0 Å². The minimum Gasteiger partial charge on any atom is -0.314 e. The first-order chi connectivity index (χ1) is 7.44. The minimum atomic E-state index is -0.742. The van der Waals surface area contributed by atoms with Crippen LogP contribution in [-0.4, -0.2) is 10.8 Å². The topological polar surface area (TPSA) is 49.8 Å². The van der Waals surface area contributed by atoms with Crippen LogP contribution in [-0.2, 0) is 0 Å². The van der Waals surface area contributed by atoms with Gasteiger partial charge < -0.3 is 5.73 Å². The Hall–Kier alpha value is -0.500. The molecule has 0 aliphatic rings. The predicted molar refractivity (Wildman–Crippen MR) is 72.3 cm³/mol. The molecule has 16 heavy (non-hydrogen) atoms. The molecular formula is C12H15BrN2S. The van der Waals surface area contributed by atoms with E-state index in [4.69, 9.17) is 11.0 Å². The van der Waals surface area contributed by atoms with Gasteiger partial charge in [-0.3, -0.25) is 0 Å². The number of rotatable bonds is 4. The summed E-state index contributed by atoms with van der Waals surface area (Å²) in [6.07, 6.45) is 0.676. The van der Waals surface area contributed by atoms with Crippen molar-refractivity contribution in [3.05, 3.63) is 28.7 Å². The molecule has 0 bridgehead atoms. The first kappa shape index (κ1) is 13.6. The quantitative estimate of drug-likeness (QED) is 0.865. The molecule has 2 atom stereocenters. The van der Waals surface area contributed by atoms with E-state index in [-0.39, 0.29) is 0 Å². The Morgan fingerprint density at radius 2 is 2.19 bits per heavy atom. The van der Waals surface area contributed by atoms with E-state index >= 15 is 0 Å². The highest BCUT2D eigenvalue weighted by Gasteiger charge is 2.21. The van der Waals surface area contributed by atoms with Crippen molar-refractivity contribution in [1.29, 1.82) is 5.26 Å². The zero-order chi connectivity index (χ0) is 12.2. The molecule has 1 aromatic carbocycles. The van der Waals surface area contributed by atoms with E-state index in [1.165, 1.54) is 4.90 Å². The van der Waals surface area contributed by atoms with Gasteiger partial charge in [0.15, 0.2) is 0 Å². The smallest absolute Gasteiger partial charge is 0.102 e. The normalized spacial score (nSPS) is 16.2. The molecule has 2 N–H and O–H groups in total. The fourth-order valence-corrected chi connectivity index (χ4v) is 3.21. The van der Waals surface area contributed by atoms with Crippen molar-refractivity contribution in [1.82, 2.24) is 0 Å². The van der Waals surface area contributed by atoms with Crippen LogP contribution in [0.3, 0.4) is 0 Å². The van der Waals surface area contributed by atoms with Gasteiger partial charge in [0, 0.05) is 14.6 Å². The van der Waals surface area contributed by atoms with Crippen molar-refractivity contribution in [3.63, 3.8) is 0 Å². The van der Waals surface area contributed by atoms with Crippen LogP contribution in [0, 0.1) is 11.3 Å². The van der Waals surface area contributed by atoms with Crippen molar-refractivity contribution >= 4 is 27.7 Å². The number of nitrogens with zero attached hydrogens (tertiary/aromatic N) is 1. The van der Waals surface area contributed by atoms with Gasteiger partial charge in [0.2, 0.25) is 0 Å². The lowest BCUT2D eigenvalue weighted by Crippen LogP contribution is -2.36. The molecule has 0 amide bonds. The maximum Gasteiger partial charge on any atom is 0.102 e. The Bertz CT molecular complexity index is 398. The van der Waals surface area contributed by atoms with Crippen molar-refractivity contribution in [2.45, 2.75) is 36.0 Å². The van der Waals surface area contributed by atoms with Crippen LogP contribution in [0.15, 0.2) is 33.6 Å². The van der Waals surface area contributed by atoms with E-state index in [0.717, 1.165) is 4.47 Å². The zero-order valence-corrected chi connectivity index (χ0v) is 11.8. The molecule has 1 aromatic rings. The molecular weight excluding hydrogens is 284 g/mol. The van der Waals surface area contributed by atoms with Gasteiger partial charge >= 0.3 is 0 Å². The van der Waals surface area contributed by atoms with E-state index in [1.807, 2.05) is 18.2 Å². The molecule has 0 spiro atoms. The van der Waals surface area contributed by atoms with E-state index in [2.05, 4.69) is 35.0 Å². The van der Waals surface area contributed by atoms with E-state index in [1.54, 1.807) is 18.7 Å². The van der Waals surface area contributed by atoms with Gasteiger partial charge in [-0.25, -0.2) is 0 Å². The summed E-state index contributed by atoms with van der Waals surface area (Å²) in [4.78, 5) is 1.18. The molecule has 0 aliphatic carbocycles. The molecule has 1 rings (SSSR count). The minimum absolute atomic E-state index is 0.313. The second kappa shape index (κ2) is 5.72. The summed E-state index contributed by atoms with van der Waals surface area (Å²) in [5.74, 6) is 0. The van der Waals surface area contributed by atoms with Crippen molar-refractivity contribution < 1.29 is 0 Å². The van der Waals surface area contributed by atoms with Gasteiger partial charge in [-0.1, -0.05) is 19.1 Å². The second-order valence-corrected chi connectivity index (χ2v) is 6.43. The highest BCUT2D eigenvalue weighted by atomic mass is 79.9. The fraction of sp³-hybridized carbons (Fsp3) is 0.417. The van der Waals surface area contributed by atoms with E-state index in [0.29, 0.717) is 11.7 Å². The Morgan fingerprint density at radius 3 is 2.75 bits per heavy atom. The van der Waals surface area contributed by atoms with Crippen LogP contribution in [0.5, 0.6) is 0 Å². The van der Waals surface area contributed by atoms with Gasteiger partial charge in [-0.05, 0) is 41.4 Å². The summed E-state index contributed by atoms with van der Waals surface area (Å²) in [6, 6.07) is 10.2. The highest BCUT2D eigenvalue weighted by molar-refractivity contribution is 9.10. The lowest BCUT2D eigenvalue weighted by atomic mass is 10.00. The second-order valence-electron chi connectivity index (χ2n) is 4.09. The van der Waals surface area contributed by atoms with Crippen LogP contribution < -0.4 is 5.73 Å². The molecule has 2 unspecified atom stereocenters. The molecule has 4 heteroatoms. The Kier molecular flexibility index (Phi) is 4.85. The Balaban J connectivity index is 2.63. The number of benzene rings is 1. The number of hydrogen-bond donors (Lipinski definition) is 1. The number of thioether (sulfide) groups is 1. The molecule has 0 radical (unpaired) electrons. The standard InChI is InChI=1S/C12H15BrN2S/c1-9(7-12(2,15)8-14)16-11-6-4-3-5-10(11)13/h3-6,9H,7,15H2,1-2H3. The third kappa shape index (κ3) is 4.17. The zero-order valence-electron chi connectivity index (χ0n) is 9.40. The average molecular weight is 299 g/mol. The average Bonchev–Trinajstić information content (AvgIpc) is 2.21. The van der Waals surface area contributed by atoms with E-state index in [9.17, 15) is 0 Å². The molecule has 0 saturated carbocycles. The molecule has 0 aliphatic heterocycles. The van der Waals surface area contributed by atoms with Gasteiger partial charge in [0.05, 0.1) is 6.07 Å².